The van der Waals surface area contributed by atoms with Gasteiger partial charge < -0.3 is 20.1 Å². The van der Waals surface area contributed by atoms with E-state index in [1.165, 1.54) is 0 Å². The molecule has 0 radical (unpaired) electrons. The maximum absolute atomic E-state index is 12.3. The maximum atomic E-state index is 12.3. The molecule has 1 aromatic rings. The van der Waals surface area contributed by atoms with Gasteiger partial charge in [-0.2, -0.15) is 0 Å². The molecule has 24 heavy (non-hydrogen) atoms. The zero-order chi connectivity index (χ0) is 16.7. The van der Waals surface area contributed by atoms with Crippen LogP contribution in [0.1, 0.15) is 32.8 Å². The molecule has 0 aromatic heterocycles. The number of rotatable bonds is 8. The predicted octanol–water partition coefficient (Wildman–Crippen LogP) is 2.56. The van der Waals surface area contributed by atoms with E-state index in [0.29, 0.717) is 19.8 Å². The van der Waals surface area contributed by atoms with Crippen molar-refractivity contribution < 1.29 is 14.3 Å². The van der Waals surface area contributed by atoms with Crippen molar-refractivity contribution in [3.63, 3.8) is 0 Å². The first-order valence-corrected chi connectivity index (χ1v) is 8.46. The van der Waals surface area contributed by atoms with E-state index < -0.39 is 0 Å². The molecule has 0 aliphatic carbocycles. The molecule has 0 spiro atoms. The van der Waals surface area contributed by atoms with Crippen LogP contribution in [0.3, 0.4) is 0 Å². The summed E-state index contributed by atoms with van der Waals surface area (Å²) in [5.41, 5.74) is 0.863. The van der Waals surface area contributed by atoms with Gasteiger partial charge in [0.15, 0.2) is 11.5 Å². The second-order valence-corrected chi connectivity index (χ2v) is 6.14. The number of hydrogen-bond donors (Lipinski definition) is 2. The smallest absolute Gasteiger partial charge is 0.227 e. The predicted molar refractivity (Wildman–Crippen MR) is 98.3 cm³/mol. The van der Waals surface area contributed by atoms with Gasteiger partial charge >= 0.3 is 0 Å². The van der Waals surface area contributed by atoms with Gasteiger partial charge in [-0.05, 0) is 57.9 Å². The lowest BCUT2D eigenvalue weighted by atomic mass is 9.89. The van der Waals surface area contributed by atoms with Crippen molar-refractivity contribution in [1.29, 1.82) is 0 Å². The molecule has 1 aromatic carbocycles. The third-order valence-corrected chi connectivity index (χ3v) is 4.22. The van der Waals surface area contributed by atoms with Gasteiger partial charge in [-0.1, -0.05) is 6.07 Å². The van der Waals surface area contributed by atoms with Gasteiger partial charge in [0.1, 0.15) is 0 Å². The average Bonchev–Trinajstić information content (AvgIpc) is 2.98. The topological polar surface area (TPSA) is 59.6 Å². The van der Waals surface area contributed by atoms with Gasteiger partial charge in [-0.15, -0.1) is 12.4 Å². The molecule has 136 valence electrons. The second-order valence-electron chi connectivity index (χ2n) is 6.14. The average molecular weight is 357 g/mol. The van der Waals surface area contributed by atoms with E-state index in [4.69, 9.17) is 9.47 Å². The van der Waals surface area contributed by atoms with Gasteiger partial charge in [0.05, 0.1) is 18.6 Å². The zero-order valence-corrected chi connectivity index (χ0v) is 15.6. The fourth-order valence-corrected chi connectivity index (χ4v) is 2.80. The number of carbonyl (C=O) groups excluding carboxylic acids is 1. The van der Waals surface area contributed by atoms with Gasteiger partial charge in [-0.25, -0.2) is 0 Å². The summed E-state index contributed by atoms with van der Waals surface area (Å²) in [6.07, 6.45) is 1.68. The van der Waals surface area contributed by atoms with Gasteiger partial charge in [-0.3, -0.25) is 4.79 Å². The normalized spacial score (nSPS) is 19.5. The molecule has 1 aliphatic rings. The number of carbonyl (C=O) groups is 1. The first-order chi connectivity index (χ1) is 11.1. The van der Waals surface area contributed by atoms with Crippen LogP contribution in [0.15, 0.2) is 18.2 Å². The monoisotopic (exact) mass is 356 g/mol. The summed E-state index contributed by atoms with van der Waals surface area (Å²) < 4.78 is 11.2. The number of hydrogen-bond acceptors (Lipinski definition) is 4. The minimum absolute atomic E-state index is 0. The van der Waals surface area contributed by atoms with E-state index in [0.717, 1.165) is 43.0 Å². The molecule has 1 heterocycles. The zero-order valence-electron chi connectivity index (χ0n) is 14.8. The van der Waals surface area contributed by atoms with E-state index in [1.54, 1.807) is 0 Å². The SMILES string of the molecule is CCOc1ccc(CCNC(=O)C2(C)CCNC2)cc1OCC.Cl. The summed E-state index contributed by atoms with van der Waals surface area (Å²) in [6.45, 7) is 9.46. The third kappa shape index (κ3) is 5.28. The second kappa shape index (κ2) is 9.74. The fraction of sp³-hybridized carbons (Fsp3) is 0.611. The summed E-state index contributed by atoms with van der Waals surface area (Å²) in [5.74, 6) is 1.68. The maximum Gasteiger partial charge on any atom is 0.227 e. The molecule has 1 amide bonds. The molecule has 5 nitrogen and oxygen atoms in total. The van der Waals surface area contributed by atoms with Crippen molar-refractivity contribution in [2.45, 2.75) is 33.6 Å². The van der Waals surface area contributed by atoms with Gasteiger partial charge in [0, 0.05) is 13.1 Å². The molecule has 0 bridgehead atoms. The highest BCUT2D eigenvalue weighted by Crippen LogP contribution is 2.29. The van der Waals surface area contributed by atoms with Crippen LogP contribution in [0.2, 0.25) is 0 Å². The van der Waals surface area contributed by atoms with Crippen LogP contribution in [-0.2, 0) is 11.2 Å². The summed E-state index contributed by atoms with van der Waals surface area (Å²) in [7, 11) is 0. The van der Waals surface area contributed by atoms with Crippen molar-refractivity contribution >= 4 is 18.3 Å². The lowest BCUT2D eigenvalue weighted by molar-refractivity contribution is -0.129. The molecule has 1 atom stereocenters. The highest BCUT2D eigenvalue weighted by atomic mass is 35.5. The van der Waals surface area contributed by atoms with Crippen LogP contribution in [0.5, 0.6) is 11.5 Å². The van der Waals surface area contributed by atoms with Gasteiger partial charge in [0.25, 0.3) is 0 Å². The number of halogens is 1. The quantitative estimate of drug-likeness (QED) is 0.751. The Morgan fingerprint density at radius 1 is 1.25 bits per heavy atom. The van der Waals surface area contributed by atoms with E-state index in [-0.39, 0.29) is 23.7 Å². The Labute approximate surface area is 150 Å². The Bertz CT molecular complexity index is 531. The van der Waals surface area contributed by atoms with E-state index in [9.17, 15) is 4.79 Å². The van der Waals surface area contributed by atoms with Crippen molar-refractivity contribution in [2.24, 2.45) is 5.41 Å². The Morgan fingerprint density at radius 2 is 1.96 bits per heavy atom. The Morgan fingerprint density at radius 3 is 2.58 bits per heavy atom. The van der Waals surface area contributed by atoms with Crippen LogP contribution < -0.4 is 20.1 Å². The minimum Gasteiger partial charge on any atom is -0.490 e. The summed E-state index contributed by atoms with van der Waals surface area (Å²) in [5, 5.41) is 6.30. The molecule has 0 saturated carbocycles. The van der Waals surface area contributed by atoms with Crippen LogP contribution >= 0.6 is 12.4 Å². The standard InChI is InChI=1S/C18H28N2O3.ClH/c1-4-22-15-7-6-14(12-16(15)23-5-2)8-10-20-17(21)18(3)9-11-19-13-18;/h6-7,12,19H,4-5,8-11,13H2,1-3H3,(H,20,21);1H. The molecular formula is C18H29ClN2O3. The summed E-state index contributed by atoms with van der Waals surface area (Å²) in [4.78, 5) is 12.3. The summed E-state index contributed by atoms with van der Waals surface area (Å²) in [6, 6.07) is 5.96. The van der Waals surface area contributed by atoms with E-state index >= 15 is 0 Å². The van der Waals surface area contributed by atoms with Crippen molar-refractivity contribution in [1.82, 2.24) is 10.6 Å². The highest BCUT2D eigenvalue weighted by molar-refractivity contribution is 5.85. The molecule has 2 N–H and O–H groups in total. The van der Waals surface area contributed by atoms with E-state index in [1.807, 2.05) is 39.0 Å². The molecule has 1 saturated heterocycles. The Hall–Kier alpha value is -1.46. The molecular weight excluding hydrogens is 328 g/mol. The Kier molecular flexibility index (Phi) is 8.36. The lowest BCUT2D eigenvalue weighted by Crippen LogP contribution is -2.41. The molecule has 1 unspecified atom stereocenters. The fourth-order valence-electron chi connectivity index (χ4n) is 2.80. The van der Waals surface area contributed by atoms with Crippen molar-refractivity contribution in [3.8, 4) is 11.5 Å². The minimum atomic E-state index is -0.269. The van der Waals surface area contributed by atoms with Crippen molar-refractivity contribution in [3.05, 3.63) is 23.8 Å². The molecule has 6 heteroatoms. The number of nitrogens with one attached hydrogen (secondary N) is 2. The lowest BCUT2D eigenvalue weighted by Gasteiger charge is -2.21. The van der Waals surface area contributed by atoms with Crippen molar-refractivity contribution in [2.75, 3.05) is 32.8 Å². The number of benzene rings is 1. The van der Waals surface area contributed by atoms with Crippen LogP contribution in [0.4, 0.5) is 0 Å². The molecule has 1 aliphatic heterocycles. The Balaban J connectivity index is 0.00000288. The number of ether oxygens (including phenoxy) is 2. The largest absolute Gasteiger partial charge is 0.490 e. The molecule has 1 fully saturated rings. The van der Waals surface area contributed by atoms with Crippen LogP contribution in [-0.4, -0.2) is 38.8 Å². The highest BCUT2D eigenvalue weighted by Gasteiger charge is 2.35. The van der Waals surface area contributed by atoms with Crippen LogP contribution in [0.25, 0.3) is 0 Å². The first kappa shape index (κ1) is 20.6. The third-order valence-electron chi connectivity index (χ3n) is 4.22. The first-order valence-electron chi connectivity index (χ1n) is 8.46. The summed E-state index contributed by atoms with van der Waals surface area (Å²) >= 11 is 0. The van der Waals surface area contributed by atoms with Crippen LogP contribution in [0, 0.1) is 5.41 Å². The number of amides is 1. The van der Waals surface area contributed by atoms with Gasteiger partial charge in [0.2, 0.25) is 5.91 Å². The molecule has 2 rings (SSSR count). The van der Waals surface area contributed by atoms with E-state index in [2.05, 4.69) is 10.6 Å².